The second kappa shape index (κ2) is 7.49. The Labute approximate surface area is 130 Å². The molecule has 1 amide bonds. The lowest BCUT2D eigenvalue weighted by atomic mass is 9.83. The van der Waals surface area contributed by atoms with E-state index in [0.29, 0.717) is 6.61 Å². The summed E-state index contributed by atoms with van der Waals surface area (Å²) in [6, 6.07) is -0.707. The van der Waals surface area contributed by atoms with Crippen LogP contribution in [0.15, 0.2) is 0 Å². The number of hydrogen-bond acceptors (Lipinski definition) is 6. The van der Waals surface area contributed by atoms with Gasteiger partial charge in [-0.1, -0.05) is 13.8 Å². The normalized spacial score (nSPS) is 20.6. The Morgan fingerprint density at radius 3 is 2.50 bits per heavy atom. The number of Topliss-reactive ketones (excluding diaryl/α,β-unsaturated/α-hetero) is 1. The van der Waals surface area contributed by atoms with Gasteiger partial charge in [0.2, 0.25) is 5.91 Å². The second-order valence-corrected chi connectivity index (χ2v) is 7.64. The zero-order chi connectivity index (χ0) is 17.0. The maximum atomic E-state index is 12.1. The summed E-state index contributed by atoms with van der Waals surface area (Å²) in [5, 5.41) is 2.59. The first kappa shape index (κ1) is 19.0. The predicted octanol–water partition coefficient (Wildman–Crippen LogP) is 0.127. The van der Waals surface area contributed by atoms with Crippen LogP contribution in [-0.4, -0.2) is 56.0 Å². The molecule has 22 heavy (non-hydrogen) atoms. The number of amides is 1. The van der Waals surface area contributed by atoms with Crippen molar-refractivity contribution in [2.45, 2.75) is 45.8 Å². The lowest BCUT2D eigenvalue weighted by Crippen LogP contribution is -2.48. The van der Waals surface area contributed by atoms with Crippen molar-refractivity contribution in [3.63, 3.8) is 0 Å². The molecule has 8 nitrogen and oxygen atoms in total. The van der Waals surface area contributed by atoms with Crippen LogP contribution in [0.2, 0.25) is 0 Å². The molecule has 1 saturated heterocycles. The highest BCUT2D eigenvalue weighted by molar-refractivity contribution is 7.85. The summed E-state index contributed by atoms with van der Waals surface area (Å²) in [6.07, 6.45) is -0.213. The fraction of sp³-hybridized carbons (Fsp3) is 0.846. The molecule has 128 valence electrons. The highest BCUT2D eigenvalue weighted by Crippen LogP contribution is 2.26. The minimum absolute atomic E-state index is 0.0397. The SMILES string of the molecule is CC(=O)NC(CC(=O)CC1COCO1)C(C)(C)CS(=O)(=O)O. The van der Waals surface area contributed by atoms with Gasteiger partial charge >= 0.3 is 0 Å². The van der Waals surface area contributed by atoms with Crippen LogP contribution in [0, 0.1) is 5.41 Å². The van der Waals surface area contributed by atoms with Crippen molar-refractivity contribution in [3.8, 4) is 0 Å². The molecule has 0 aromatic rings. The summed E-state index contributed by atoms with van der Waals surface area (Å²) >= 11 is 0. The van der Waals surface area contributed by atoms with Gasteiger partial charge in [0.1, 0.15) is 12.6 Å². The average molecular weight is 337 g/mol. The highest BCUT2D eigenvalue weighted by atomic mass is 32.2. The van der Waals surface area contributed by atoms with Gasteiger partial charge in [0.25, 0.3) is 10.1 Å². The first-order chi connectivity index (χ1) is 9.99. The fourth-order valence-electron chi connectivity index (χ4n) is 2.39. The zero-order valence-electron chi connectivity index (χ0n) is 13.0. The van der Waals surface area contributed by atoms with Crippen LogP contribution in [0.5, 0.6) is 0 Å². The molecule has 0 radical (unpaired) electrons. The van der Waals surface area contributed by atoms with Crippen molar-refractivity contribution in [3.05, 3.63) is 0 Å². The Morgan fingerprint density at radius 1 is 1.41 bits per heavy atom. The summed E-state index contributed by atoms with van der Waals surface area (Å²) < 4.78 is 41.5. The Kier molecular flexibility index (Phi) is 6.48. The van der Waals surface area contributed by atoms with E-state index in [1.54, 1.807) is 13.8 Å². The van der Waals surface area contributed by atoms with Gasteiger partial charge in [-0.15, -0.1) is 0 Å². The maximum Gasteiger partial charge on any atom is 0.265 e. The van der Waals surface area contributed by atoms with Crippen LogP contribution < -0.4 is 5.32 Å². The molecule has 1 heterocycles. The largest absolute Gasteiger partial charge is 0.353 e. The van der Waals surface area contributed by atoms with E-state index < -0.39 is 27.3 Å². The number of hydrogen-bond donors (Lipinski definition) is 2. The summed E-state index contributed by atoms with van der Waals surface area (Å²) in [7, 11) is -4.23. The molecule has 0 spiro atoms. The smallest absolute Gasteiger partial charge is 0.265 e. The predicted molar refractivity (Wildman–Crippen MR) is 77.7 cm³/mol. The number of ketones is 1. The van der Waals surface area contributed by atoms with Crippen LogP contribution in [0.1, 0.15) is 33.6 Å². The van der Waals surface area contributed by atoms with E-state index in [9.17, 15) is 18.0 Å². The van der Waals surface area contributed by atoms with E-state index >= 15 is 0 Å². The molecule has 2 N–H and O–H groups in total. The van der Waals surface area contributed by atoms with Crippen LogP contribution >= 0.6 is 0 Å². The van der Waals surface area contributed by atoms with E-state index in [0.717, 1.165) is 0 Å². The molecule has 2 unspecified atom stereocenters. The van der Waals surface area contributed by atoms with Gasteiger partial charge in [0.15, 0.2) is 0 Å². The first-order valence-corrected chi connectivity index (χ1v) is 8.54. The monoisotopic (exact) mass is 337 g/mol. The molecule has 0 aliphatic carbocycles. The number of nitrogens with one attached hydrogen (secondary N) is 1. The molecule has 2 atom stereocenters. The number of ether oxygens (including phenoxy) is 2. The van der Waals surface area contributed by atoms with E-state index in [1.807, 2.05) is 0 Å². The van der Waals surface area contributed by atoms with Gasteiger partial charge in [-0.25, -0.2) is 0 Å². The topological polar surface area (TPSA) is 119 Å². The molecular weight excluding hydrogens is 314 g/mol. The molecule has 0 bridgehead atoms. The minimum atomic E-state index is -4.23. The summed E-state index contributed by atoms with van der Waals surface area (Å²) in [6.45, 7) is 4.93. The Balaban J connectivity index is 2.74. The summed E-state index contributed by atoms with van der Waals surface area (Å²) in [5.41, 5.74) is -0.998. The van der Waals surface area contributed by atoms with Gasteiger partial charge in [0, 0.05) is 31.2 Å². The third-order valence-electron chi connectivity index (χ3n) is 3.45. The second-order valence-electron chi connectivity index (χ2n) is 6.19. The molecule has 1 rings (SSSR count). The van der Waals surface area contributed by atoms with Gasteiger partial charge in [-0.2, -0.15) is 8.42 Å². The van der Waals surface area contributed by atoms with Crippen molar-refractivity contribution in [2.24, 2.45) is 5.41 Å². The van der Waals surface area contributed by atoms with Crippen LogP contribution in [0.4, 0.5) is 0 Å². The van der Waals surface area contributed by atoms with Crippen LogP contribution in [0.25, 0.3) is 0 Å². The molecule has 0 aromatic carbocycles. The zero-order valence-corrected chi connectivity index (χ0v) is 13.8. The Hall–Kier alpha value is -1.03. The van der Waals surface area contributed by atoms with Gasteiger partial charge in [0.05, 0.1) is 18.5 Å². The number of rotatable bonds is 8. The van der Waals surface area contributed by atoms with E-state index in [1.165, 1.54) is 6.92 Å². The molecule has 1 fully saturated rings. The van der Waals surface area contributed by atoms with Crippen LogP contribution in [0.3, 0.4) is 0 Å². The Morgan fingerprint density at radius 2 is 2.05 bits per heavy atom. The van der Waals surface area contributed by atoms with Crippen molar-refractivity contribution in [2.75, 3.05) is 19.2 Å². The van der Waals surface area contributed by atoms with Crippen molar-refractivity contribution in [1.82, 2.24) is 5.32 Å². The van der Waals surface area contributed by atoms with Crippen molar-refractivity contribution in [1.29, 1.82) is 0 Å². The molecule has 9 heteroatoms. The fourth-order valence-corrected chi connectivity index (χ4v) is 3.53. The van der Waals surface area contributed by atoms with E-state index in [4.69, 9.17) is 14.0 Å². The molecule has 0 aromatic heterocycles. The van der Waals surface area contributed by atoms with Crippen molar-refractivity contribution < 1.29 is 32.0 Å². The number of carbonyl (C=O) groups is 2. The summed E-state index contributed by atoms with van der Waals surface area (Å²) in [5.74, 6) is -1.10. The third kappa shape index (κ3) is 6.82. The van der Waals surface area contributed by atoms with Gasteiger partial charge < -0.3 is 14.8 Å². The first-order valence-electron chi connectivity index (χ1n) is 6.93. The highest BCUT2D eigenvalue weighted by Gasteiger charge is 2.36. The lowest BCUT2D eigenvalue weighted by Gasteiger charge is -2.33. The van der Waals surface area contributed by atoms with Crippen molar-refractivity contribution >= 4 is 21.8 Å². The number of carbonyl (C=O) groups excluding carboxylic acids is 2. The molecule has 1 aliphatic rings. The lowest BCUT2D eigenvalue weighted by molar-refractivity contribution is -0.123. The minimum Gasteiger partial charge on any atom is -0.353 e. The van der Waals surface area contributed by atoms with Crippen LogP contribution in [-0.2, 0) is 29.2 Å². The standard InChI is InChI=1S/C13H23NO7S/c1-9(15)14-12(13(2,3)7-22(17,18)19)5-10(16)4-11-6-20-8-21-11/h11-12H,4-8H2,1-3H3,(H,14,15)(H,17,18,19). The van der Waals surface area contributed by atoms with Gasteiger partial charge in [-0.05, 0) is 0 Å². The quantitative estimate of drug-likeness (QED) is 0.604. The average Bonchev–Trinajstić information content (AvgIpc) is 2.76. The molecule has 0 saturated carbocycles. The van der Waals surface area contributed by atoms with E-state index in [2.05, 4.69) is 5.32 Å². The van der Waals surface area contributed by atoms with E-state index in [-0.39, 0.29) is 37.4 Å². The molecule has 1 aliphatic heterocycles. The third-order valence-corrected chi connectivity index (χ3v) is 4.56. The Bertz CT molecular complexity index is 508. The molecular formula is C13H23NO7S. The summed E-state index contributed by atoms with van der Waals surface area (Å²) in [4.78, 5) is 23.4. The maximum absolute atomic E-state index is 12.1. The van der Waals surface area contributed by atoms with Gasteiger partial charge in [-0.3, -0.25) is 14.1 Å².